The summed E-state index contributed by atoms with van der Waals surface area (Å²) in [5.41, 5.74) is 6.01. The van der Waals surface area contributed by atoms with E-state index in [1.54, 1.807) is 0 Å². The summed E-state index contributed by atoms with van der Waals surface area (Å²) in [6, 6.07) is 0. The van der Waals surface area contributed by atoms with Crippen molar-refractivity contribution in [3.05, 3.63) is 0 Å². The van der Waals surface area contributed by atoms with Crippen molar-refractivity contribution in [2.45, 2.75) is 18.3 Å². The number of hydrogen-bond acceptors (Lipinski definition) is 7. The minimum Gasteiger partial charge on any atom is -0.477 e. The van der Waals surface area contributed by atoms with E-state index >= 15 is 0 Å². The van der Waals surface area contributed by atoms with Crippen LogP contribution in [0.5, 0.6) is 0 Å². The van der Waals surface area contributed by atoms with Crippen LogP contribution in [0.3, 0.4) is 0 Å². The molecule has 0 saturated carbocycles. The number of nitrogens with two attached hydrogens (primary N) is 1. The average molecular weight is 267 g/mol. The summed E-state index contributed by atoms with van der Waals surface area (Å²) in [4.78, 5) is 10.7. The number of nitrogens with one attached hydrogen (secondary N) is 1. The average Bonchev–Trinajstić information content (AvgIpc) is 2.25. The van der Waals surface area contributed by atoms with Crippen LogP contribution in [0.2, 0.25) is 0 Å². The number of thiocarbonyl (C=S) groups is 1. The van der Waals surface area contributed by atoms with E-state index in [2.05, 4.69) is 17.3 Å². The summed E-state index contributed by atoms with van der Waals surface area (Å²) in [6.07, 6.45) is -5.64. The minimum atomic E-state index is -2.02. The molecule has 0 aliphatic heterocycles. The number of nitrogens with zero attached hydrogens (tertiary/aromatic N) is 1. The van der Waals surface area contributed by atoms with Crippen molar-refractivity contribution in [1.82, 2.24) is 5.43 Å². The molecule has 0 fully saturated rings. The van der Waals surface area contributed by atoms with Gasteiger partial charge in [-0.1, -0.05) is 0 Å². The monoisotopic (exact) mass is 267 g/mol. The van der Waals surface area contributed by atoms with Crippen molar-refractivity contribution in [3.8, 4) is 0 Å². The summed E-state index contributed by atoms with van der Waals surface area (Å²) in [7, 11) is 0. The van der Waals surface area contributed by atoms with Crippen LogP contribution in [0.4, 0.5) is 0 Å². The lowest BCUT2D eigenvalue weighted by Gasteiger charge is -2.20. The molecule has 9 nitrogen and oxygen atoms in total. The highest BCUT2D eigenvalue weighted by Crippen LogP contribution is 2.02. The first-order chi connectivity index (χ1) is 7.81. The lowest BCUT2D eigenvalue weighted by Crippen LogP contribution is -2.47. The summed E-state index contributed by atoms with van der Waals surface area (Å²) in [5.74, 6) is -1.65. The van der Waals surface area contributed by atoms with Crippen LogP contribution in [0.1, 0.15) is 0 Å². The van der Waals surface area contributed by atoms with Gasteiger partial charge in [-0.25, -0.2) is 4.79 Å². The molecule has 0 heterocycles. The molecule has 0 radical (unpaired) electrons. The molecular weight excluding hydrogens is 254 g/mol. The third-order valence-corrected chi connectivity index (χ3v) is 1.78. The molecule has 0 aromatic heterocycles. The zero-order valence-corrected chi connectivity index (χ0v) is 9.33. The van der Waals surface area contributed by atoms with Crippen LogP contribution < -0.4 is 11.2 Å². The molecule has 8 N–H and O–H groups in total. The Kier molecular flexibility index (Phi) is 6.53. The second-order valence-corrected chi connectivity index (χ2v) is 3.40. The smallest absolute Gasteiger partial charge is 0.354 e. The highest BCUT2D eigenvalue weighted by molar-refractivity contribution is 7.80. The number of carboxylic acids is 1. The molecule has 10 heteroatoms. The normalized spacial score (nSPS) is 17.1. The zero-order valence-electron chi connectivity index (χ0n) is 8.52. The lowest BCUT2D eigenvalue weighted by molar-refractivity contribution is -0.130. The SMILES string of the molecule is NC(=S)N/N=C(/C(=O)O)[C@@H](O)[C@H](O)[C@H](O)CO. The Morgan fingerprint density at radius 2 is 1.94 bits per heavy atom. The van der Waals surface area contributed by atoms with Gasteiger partial charge in [-0.3, -0.25) is 5.43 Å². The van der Waals surface area contributed by atoms with Gasteiger partial charge in [0.25, 0.3) is 0 Å². The van der Waals surface area contributed by atoms with Gasteiger partial charge >= 0.3 is 5.97 Å². The highest BCUT2D eigenvalue weighted by Gasteiger charge is 2.32. The Morgan fingerprint density at radius 3 is 2.29 bits per heavy atom. The van der Waals surface area contributed by atoms with Crippen LogP contribution in [0.25, 0.3) is 0 Å². The van der Waals surface area contributed by atoms with Crippen LogP contribution in [-0.4, -0.2) is 67.2 Å². The Hall–Kier alpha value is -1.33. The number of aliphatic carboxylic acids is 1. The van der Waals surface area contributed by atoms with E-state index in [1.807, 2.05) is 5.43 Å². The van der Waals surface area contributed by atoms with E-state index in [0.717, 1.165) is 0 Å². The predicted molar refractivity (Wildman–Crippen MR) is 60.1 cm³/mol. The van der Waals surface area contributed by atoms with Crippen LogP contribution >= 0.6 is 12.2 Å². The maximum Gasteiger partial charge on any atom is 0.354 e. The molecule has 0 aromatic rings. The molecule has 0 rings (SSSR count). The molecule has 0 saturated heterocycles. The van der Waals surface area contributed by atoms with Gasteiger partial charge in [0.1, 0.15) is 18.3 Å². The van der Waals surface area contributed by atoms with Crippen LogP contribution in [-0.2, 0) is 4.79 Å². The summed E-state index contributed by atoms with van der Waals surface area (Å²) >= 11 is 4.36. The van der Waals surface area contributed by atoms with Crippen LogP contribution in [0.15, 0.2) is 5.10 Å². The Morgan fingerprint density at radius 1 is 1.41 bits per heavy atom. The summed E-state index contributed by atoms with van der Waals surface area (Å²) < 4.78 is 0. The van der Waals surface area contributed by atoms with Gasteiger partial charge in [-0.15, -0.1) is 0 Å². The molecule has 0 aliphatic rings. The molecule has 0 bridgehead atoms. The Balaban J connectivity index is 4.88. The highest BCUT2D eigenvalue weighted by atomic mass is 32.1. The molecular formula is C7H13N3O6S. The van der Waals surface area contributed by atoms with Gasteiger partial charge in [0.15, 0.2) is 10.8 Å². The number of hydrazone groups is 1. The molecule has 0 unspecified atom stereocenters. The van der Waals surface area contributed by atoms with Crippen molar-refractivity contribution < 1.29 is 30.3 Å². The topological polar surface area (TPSA) is 169 Å². The van der Waals surface area contributed by atoms with Crippen molar-refractivity contribution >= 4 is 29.0 Å². The van der Waals surface area contributed by atoms with E-state index in [1.165, 1.54) is 0 Å². The maximum absolute atomic E-state index is 10.7. The first-order valence-electron chi connectivity index (χ1n) is 4.32. The van der Waals surface area contributed by atoms with Crippen molar-refractivity contribution in [1.29, 1.82) is 0 Å². The summed E-state index contributed by atoms with van der Waals surface area (Å²) in [5, 5.41) is 47.7. The van der Waals surface area contributed by atoms with Gasteiger partial charge in [-0.2, -0.15) is 5.10 Å². The predicted octanol–water partition coefficient (Wildman–Crippen LogP) is -3.66. The number of aliphatic hydroxyl groups is 4. The van der Waals surface area contributed by atoms with Gasteiger partial charge < -0.3 is 31.3 Å². The largest absolute Gasteiger partial charge is 0.477 e. The maximum atomic E-state index is 10.7. The van der Waals surface area contributed by atoms with E-state index < -0.39 is 36.6 Å². The molecule has 0 aromatic carbocycles. The first-order valence-corrected chi connectivity index (χ1v) is 4.73. The van der Waals surface area contributed by atoms with Gasteiger partial charge in [0.05, 0.1) is 6.61 Å². The van der Waals surface area contributed by atoms with Crippen molar-refractivity contribution in [2.75, 3.05) is 6.61 Å². The fourth-order valence-corrected chi connectivity index (χ4v) is 0.882. The molecule has 3 atom stereocenters. The fourth-order valence-electron chi connectivity index (χ4n) is 0.836. The van der Waals surface area contributed by atoms with E-state index in [9.17, 15) is 15.0 Å². The standard InChI is InChI=1S/C7H13N3O6S/c8-7(17)10-9-3(6(15)16)5(14)4(13)2(12)1-11/h2,4-5,11-14H,1H2,(H,15,16)(H3,8,10,17)/b9-3+/t2-,4-,5-/m1/s1. The van der Waals surface area contributed by atoms with E-state index in [0.29, 0.717) is 0 Å². The Bertz CT molecular complexity index is 323. The van der Waals surface area contributed by atoms with E-state index in [4.69, 9.17) is 21.1 Å². The molecule has 0 aliphatic carbocycles. The number of carbonyl (C=O) groups is 1. The quantitative estimate of drug-likeness (QED) is 0.146. The van der Waals surface area contributed by atoms with Gasteiger partial charge in [-0.05, 0) is 12.2 Å². The first kappa shape index (κ1) is 15.7. The van der Waals surface area contributed by atoms with Gasteiger partial charge in [0, 0.05) is 0 Å². The van der Waals surface area contributed by atoms with Crippen molar-refractivity contribution in [3.63, 3.8) is 0 Å². The molecule has 0 spiro atoms. The second kappa shape index (κ2) is 7.09. The minimum absolute atomic E-state index is 0.340. The molecule has 98 valence electrons. The number of rotatable bonds is 6. The Labute approximate surface area is 101 Å². The second-order valence-electron chi connectivity index (χ2n) is 2.96. The third kappa shape index (κ3) is 5.01. The van der Waals surface area contributed by atoms with Crippen molar-refractivity contribution in [2.24, 2.45) is 10.8 Å². The lowest BCUT2D eigenvalue weighted by atomic mass is 10.0. The van der Waals surface area contributed by atoms with Crippen LogP contribution in [0, 0.1) is 0 Å². The third-order valence-electron chi connectivity index (χ3n) is 1.69. The van der Waals surface area contributed by atoms with Gasteiger partial charge in [0.2, 0.25) is 0 Å². The summed E-state index contributed by atoms with van der Waals surface area (Å²) in [6.45, 7) is -0.853. The number of carboxylic acid groups (broad SMARTS) is 1. The fraction of sp³-hybridized carbons (Fsp3) is 0.571. The number of hydrogen-bond donors (Lipinski definition) is 7. The zero-order chi connectivity index (χ0) is 13.6. The van der Waals surface area contributed by atoms with E-state index in [-0.39, 0.29) is 5.11 Å². The molecule has 17 heavy (non-hydrogen) atoms. The number of aliphatic hydroxyl groups excluding tert-OH is 4. The molecule has 0 amide bonds.